The van der Waals surface area contributed by atoms with Crippen LogP contribution < -0.4 is 4.90 Å². The zero-order valence-corrected chi connectivity index (χ0v) is 19.1. The lowest BCUT2D eigenvalue weighted by Gasteiger charge is -2.25. The van der Waals surface area contributed by atoms with E-state index < -0.39 is 12.0 Å². The summed E-state index contributed by atoms with van der Waals surface area (Å²) in [6, 6.07) is 8.51. The number of benzene rings is 1. The van der Waals surface area contributed by atoms with E-state index in [-0.39, 0.29) is 18.2 Å². The minimum absolute atomic E-state index is 0.00317. The van der Waals surface area contributed by atoms with Crippen molar-refractivity contribution in [3.63, 3.8) is 0 Å². The molecule has 3 rings (SSSR count). The molecule has 164 valence electrons. The Kier molecular flexibility index (Phi) is 7.87. The highest BCUT2D eigenvalue weighted by molar-refractivity contribution is 7.08. The highest BCUT2D eigenvalue weighted by atomic mass is 35.5. The molecule has 0 fully saturated rings. The highest BCUT2D eigenvalue weighted by Gasteiger charge is 2.28. The second-order valence-electron chi connectivity index (χ2n) is 7.45. The standard InChI is InChI=1S/C23H26ClN3O3S/c1-3-4-7-19(18-8-5-6-9-20(18)24)22-25-13-16(26-22)12-21(28)27(15(2)23(29)30)17-10-11-31-14-17/h5-6,8-11,13-15,19H,3-4,7,12H2,1-2H3,(H,25,26)(H,29,30)/t15-,19?/m0/s1. The molecule has 0 saturated carbocycles. The van der Waals surface area contributed by atoms with Gasteiger partial charge in [-0.1, -0.05) is 49.6 Å². The van der Waals surface area contributed by atoms with Gasteiger partial charge in [0.2, 0.25) is 5.91 Å². The molecule has 0 radical (unpaired) electrons. The molecule has 0 aliphatic heterocycles. The number of imidazole rings is 1. The van der Waals surface area contributed by atoms with Crippen molar-refractivity contribution in [2.24, 2.45) is 0 Å². The van der Waals surface area contributed by atoms with Crippen molar-refractivity contribution in [1.82, 2.24) is 9.97 Å². The van der Waals surface area contributed by atoms with Gasteiger partial charge in [0.25, 0.3) is 0 Å². The number of thiophene rings is 1. The Hall–Kier alpha value is -2.64. The number of aliphatic carboxylic acids is 1. The summed E-state index contributed by atoms with van der Waals surface area (Å²) in [7, 11) is 0. The Morgan fingerprint density at radius 1 is 1.29 bits per heavy atom. The van der Waals surface area contributed by atoms with Crippen molar-refractivity contribution < 1.29 is 14.7 Å². The van der Waals surface area contributed by atoms with E-state index in [1.165, 1.54) is 23.2 Å². The van der Waals surface area contributed by atoms with Crippen LogP contribution in [0.2, 0.25) is 5.02 Å². The molecule has 2 atom stereocenters. The summed E-state index contributed by atoms with van der Waals surface area (Å²) >= 11 is 7.86. The molecule has 0 bridgehead atoms. The third-order valence-corrected chi connectivity index (χ3v) is 6.26. The minimum atomic E-state index is -1.05. The molecule has 1 unspecified atom stereocenters. The molecule has 2 aromatic heterocycles. The van der Waals surface area contributed by atoms with Gasteiger partial charge in [0, 0.05) is 28.2 Å². The molecular formula is C23H26ClN3O3S. The van der Waals surface area contributed by atoms with Gasteiger partial charge in [0.05, 0.1) is 12.1 Å². The number of hydrogen-bond acceptors (Lipinski definition) is 4. The van der Waals surface area contributed by atoms with Crippen LogP contribution in [-0.2, 0) is 16.0 Å². The van der Waals surface area contributed by atoms with E-state index >= 15 is 0 Å². The van der Waals surface area contributed by atoms with Crippen molar-refractivity contribution >= 4 is 40.5 Å². The molecule has 1 amide bonds. The first-order chi connectivity index (χ1) is 14.9. The fourth-order valence-electron chi connectivity index (χ4n) is 3.59. The molecule has 1 aromatic carbocycles. The summed E-state index contributed by atoms with van der Waals surface area (Å²) in [5.74, 6) is -0.587. The highest BCUT2D eigenvalue weighted by Crippen LogP contribution is 2.33. The fourth-order valence-corrected chi connectivity index (χ4v) is 4.48. The molecule has 8 heteroatoms. The van der Waals surface area contributed by atoms with E-state index in [1.54, 1.807) is 17.6 Å². The Labute approximate surface area is 190 Å². The van der Waals surface area contributed by atoms with E-state index in [9.17, 15) is 14.7 Å². The van der Waals surface area contributed by atoms with Gasteiger partial charge in [0.1, 0.15) is 11.9 Å². The monoisotopic (exact) mass is 459 g/mol. The SMILES string of the molecule is CCCCC(c1ncc(CC(=O)N(c2ccsc2)[C@@H](C)C(=O)O)[nH]1)c1ccccc1Cl. The molecule has 31 heavy (non-hydrogen) atoms. The maximum atomic E-state index is 13.0. The smallest absolute Gasteiger partial charge is 0.326 e. The van der Waals surface area contributed by atoms with Gasteiger partial charge in [0.15, 0.2) is 0 Å². The van der Waals surface area contributed by atoms with Gasteiger partial charge in [-0.25, -0.2) is 9.78 Å². The van der Waals surface area contributed by atoms with Crippen LogP contribution >= 0.6 is 22.9 Å². The Balaban J connectivity index is 1.83. The first-order valence-electron chi connectivity index (χ1n) is 10.3. The molecular weight excluding hydrogens is 434 g/mol. The number of carboxylic acid groups (broad SMARTS) is 1. The molecule has 0 aliphatic carbocycles. The molecule has 0 spiro atoms. The second kappa shape index (κ2) is 10.6. The Bertz CT molecular complexity index is 1020. The number of aromatic amines is 1. The van der Waals surface area contributed by atoms with Gasteiger partial charge in [-0.3, -0.25) is 9.69 Å². The summed E-state index contributed by atoms with van der Waals surface area (Å²) in [5.41, 5.74) is 2.23. The van der Waals surface area contributed by atoms with Crippen molar-refractivity contribution in [2.45, 2.75) is 51.5 Å². The number of anilines is 1. The van der Waals surface area contributed by atoms with Crippen molar-refractivity contribution in [3.05, 3.63) is 69.4 Å². The minimum Gasteiger partial charge on any atom is -0.480 e. The Morgan fingerprint density at radius 2 is 2.06 bits per heavy atom. The number of carbonyl (C=O) groups is 2. The lowest BCUT2D eigenvalue weighted by molar-refractivity contribution is -0.139. The first-order valence-corrected chi connectivity index (χ1v) is 11.6. The van der Waals surface area contributed by atoms with Crippen LogP contribution in [0, 0.1) is 0 Å². The van der Waals surface area contributed by atoms with Crippen molar-refractivity contribution in [3.8, 4) is 0 Å². The molecule has 6 nitrogen and oxygen atoms in total. The lowest BCUT2D eigenvalue weighted by Crippen LogP contribution is -2.44. The summed E-state index contributed by atoms with van der Waals surface area (Å²) in [6.45, 7) is 3.65. The number of aromatic nitrogens is 2. The molecule has 2 heterocycles. The molecule has 0 aliphatic rings. The summed E-state index contributed by atoms with van der Waals surface area (Å²) in [6.07, 6.45) is 4.64. The van der Waals surface area contributed by atoms with E-state index in [4.69, 9.17) is 11.6 Å². The largest absolute Gasteiger partial charge is 0.480 e. The summed E-state index contributed by atoms with van der Waals surface area (Å²) < 4.78 is 0. The zero-order chi connectivity index (χ0) is 22.4. The molecule has 3 aromatic rings. The van der Waals surface area contributed by atoms with E-state index in [0.29, 0.717) is 16.4 Å². The van der Waals surface area contributed by atoms with E-state index in [2.05, 4.69) is 16.9 Å². The normalized spacial score (nSPS) is 13.0. The van der Waals surface area contributed by atoms with Gasteiger partial charge in [-0.2, -0.15) is 11.3 Å². The summed E-state index contributed by atoms with van der Waals surface area (Å²) in [4.78, 5) is 33.7. The summed E-state index contributed by atoms with van der Waals surface area (Å²) in [5, 5.41) is 13.7. The zero-order valence-electron chi connectivity index (χ0n) is 17.5. The van der Waals surface area contributed by atoms with Gasteiger partial charge >= 0.3 is 5.97 Å². The van der Waals surface area contributed by atoms with Crippen molar-refractivity contribution in [2.75, 3.05) is 4.90 Å². The topological polar surface area (TPSA) is 86.3 Å². The number of H-pyrrole nitrogens is 1. The predicted molar refractivity (Wildman–Crippen MR) is 124 cm³/mol. The van der Waals surface area contributed by atoms with Crippen LogP contribution in [-0.4, -0.2) is 33.0 Å². The second-order valence-corrected chi connectivity index (χ2v) is 8.63. The number of hydrogen-bond donors (Lipinski definition) is 2. The van der Waals surface area contributed by atoms with Crippen LogP contribution in [0.25, 0.3) is 0 Å². The predicted octanol–water partition coefficient (Wildman–Crippen LogP) is 5.50. The average Bonchev–Trinajstić information content (AvgIpc) is 3.42. The van der Waals surface area contributed by atoms with Gasteiger partial charge in [-0.05, 0) is 36.4 Å². The molecule has 0 saturated heterocycles. The van der Waals surface area contributed by atoms with Crippen LogP contribution in [0.3, 0.4) is 0 Å². The number of amides is 1. The number of nitrogens with zero attached hydrogens (tertiary/aromatic N) is 2. The number of rotatable bonds is 10. The number of halogens is 1. The third-order valence-electron chi connectivity index (χ3n) is 5.24. The first kappa shape index (κ1) is 23.0. The van der Waals surface area contributed by atoms with E-state index in [1.807, 2.05) is 29.6 Å². The van der Waals surface area contributed by atoms with Crippen molar-refractivity contribution in [1.29, 1.82) is 0 Å². The fraction of sp³-hybridized carbons (Fsp3) is 0.348. The van der Waals surface area contributed by atoms with E-state index in [0.717, 1.165) is 30.7 Å². The number of unbranched alkanes of at least 4 members (excludes halogenated alkanes) is 1. The van der Waals surface area contributed by atoms with Crippen LogP contribution in [0.4, 0.5) is 5.69 Å². The van der Waals surface area contributed by atoms with Crippen LogP contribution in [0.15, 0.2) is 47.3 Å². The lowest BCUT2D eigenvalue weighted by atomic mass is 9.93. The third kappa shape index (κ3) is 5.54. The number of nitrogens with one attached hydrogen (secondary N) is 1. The van der Waals surface area contributed by atoms with Gasteiger partial charge in [-0.15, -0.1) is 0 Å². The number of carbonyl (C=O) groups excluding carboxylic acids is 1. The van der Waals surface area contributed by atoms with Crippen LogP contribution in [0.5, 0.6) is 0 Å². The maximum absolute atomic E-state index is 13.0. The molecule has 2 N–H and O–H groups in total. The maximum Gasteiger partial charge on any atom is 0.326 e. The Morgan fingerprint density at radius 3 is 2.71 bits per heavy atom. The van der Waals surface area contributed by atoms with Gasteiger partial charge < -0.3 is 10.1 Å². The quantitative estimate of drug-likeness (QED) is 0.419. The average molecular weight is 460 g/mol. The number of carboxylic acids is 1. The van der Waals surface area contributed by atoms with Crippen LogP contribution in [0.1, 0.15) is 56.1 Å².